The molecule has 2 atom stereocenters. The summed E-state index contributed by atoms with van der Waals surface area (Å²) in [5.74, 6) is 1.38. The summed E-state index contributed by atoms with van der Waals surface area (Å²) in [6.45, 7) is 3.32. The fourth-order valence-corrected chi connectivity index (χ4v) is 3.03. The molecule has 0 unspecified atom stereocenters. The predicted octanol–water partition coefficient (Wildman–Crippen LogP) is 2.24. The van der Waals surface area contributed by atoms with Gasteiger partial charge in [0, 0.05) is 19.3 Å². The summed E-state index contributed by atoms with van der Waals surface area (Å²) in [6, 6.07) is 1.73. The van der Waals surface area contributed by atoms with Gasteiger partial charge in [0.25, 0.3) is 0 Å². The number of nitrogens with zero attached hydrogens (tertiary/aromatic N) is 3. The molecule has 24 heavy (non-hydrogen) atoms. The highest BCUT2D eigenvalue weighted by molar-refractivity contribution is 5.87. The van der Waals surface area contributed by atoms with Crippen LogP contribution in [-0.4, -0.2) is 33.4 Å². The van der Waals surface area contributed by atoms with Crippen LogP contribution < -0.4 is 10.6 Å². The van der Waals surface area contributed by atoms with Crippen molar-refractivity contribution in [1.29, 1.82) is 0 Å². The van der Waals surface area contributed by atoms with Gasteiger partial charge in [-0.3, -0.25) is 10.00 Å². The molecule has 2 aliphatic rings. The van der Waals surface area contributed by atoms with Crippen molar-refractivity contribution in [2.75, 3.05) is 11.9 Å². The van der Waals surface area contributed by atoms with E-state index in [2.05, 4.69) is 20.7 Å². The molecule has 2 aromatic rings. The summed E-state index contributed by atoms with van der Waals surface area (Å²) < 4.78 is 13.1. The van der Waals surface area contributed by atoms with E-state index < -0.39 is 0 Å². The highest BCUT2D eigenvalue weighted by atomic mass is 16.5. The second kappa shape index (κ2) is 6.27. The van der Waals surface area contributed by atoms with Crippen molar-refractivity contribution in [3.63, 3.8) is 0 Å². The molecule has 4 rings (SSSR count). The minimum absolute atomic E-state index is 0.101. The van der Waals surface area contributed by atoms with Crippen LogP contribution in [0.1, 0.15) is 36.8 Å². The van der Waals surface area contributed by atoms with Gasteiger partial charge in [0.15, 0.2) is 0 Å². The van der Waals surface area contributed by atoms with Crippen LogP contribution in [0.3, 0.4) is 0 Å². The Morgan fingerprint density at radius 2 is 2.29 bits per heavy atom. The molecule has 0 bridgehead atoms. The first-order valence-electron chi connectivity index (χ1n) is 8.32. The highest BCUT2D eigenvalue weighted by Gasteiger charge is 2.34. The van der Waals surface area contributed by atoms with Crippen LogP contribution in [0.4, 0.5) is 10.8 Å². The Bertz CT molecular complexity index is 721. The Balaban J connectivity index is 1.41. The second-order valence-corrected chi connectivity index (χ2v) is 6.44. The van der Waals surface area contributed by atoms with Crippen LogP contribution in [0, 0.1) is 12.8 Å². The molecule has 1 saturated carbocycles. The molecular formula is C16H21N5O3. The van der Waals surface area contributed by atoms with Gasteiger partial charge in [0.1, 0.15) is 11.9 Å². The van der Waals surface area contributed by atoms with Crippen molar-refractivity contribution in [3.8, 4) is 0 Å². The van der Waals surface area contributed by atoms with Crippen LogP contribution in [0.15, 0.2) is 22.9 Å². The molecule has 2 fully saturated rings. The first-order valence-corrected chi connectivity index (χ1v) is 8.32. The molecule has 2 amide bonds. The number of aryl methyl sites for hydroxylation is 1. The first kappa shape index (κ1) is 15.2. The lowest BCUT2D eigenvalue weighted by Gasteiger charge is -2.20. The average Bonchev–Trinajstić information content (AvgIpc) is 2.91. The molecule has 8 heteroatoms. The molecule has 1 aliphatic carbocycles. The Morgan fingerprint density at radius 1 is 1.42 bits per heavy atom. The molecule has 0 spiro atoms. The van der Waals surface area contributed by atoms with Crippen molar-refractivity contribution in [2.45, 2.75) is 44.9 Å². The quantitative estimate of drug-likeness (QED) is 0.876. The van der Waals surface area contributed by atoms with Gasteiger partial charge in [-0.25, -0.2) is 9.78 Å². The van der Waals surface area contributed by atoms with E-state index in [4.69, 9.17) is 9.15 Å². The first-order chi connectivity index (χ1) is 11.7. The summed E-state index contributed by atoms with van der Waals surface area (Å²) in [4.78, 5) is 16.1. The number of carbonyl (C=O) groups is 1. The van der Waals surface area contributed by atoms with E-state index >= 15 is 0 Å². The molecule has 0 aromatic carbocycles. The van der Waals surface area contributed by atoms with Gasteiger partial charge in [-0.1, -0.05) is 0 Å². The van der Waals surface area contributed by atoms with Gasteiger partial charge in [0.05, 0.1) is 17.9 Å². The van der Waals surface area contributed by atoms with Gasteiger partial charge in [-0.15, -0.1) is 0 Å². The van der Waals surface area contributed by atoms with Crippen molar-refractivity contribution >= 4 is 12.0 Å². The maximum atomic E-state index is 12.2. The topological polar surface area (TPSA) is 94.2 Å². The van der Waals surface area contributed by atoms with Gasteiger partial charge < -0.3 is 14.5 Å². The largest absolute Gasteiger partial charge is 0.429 e. The second-order valence-electron chi connectivity index (χ2n) is 6.44. The fraction of sp³-hybridized carbons (Fsp3) is 0.562. The standard InChI is InChI=1S/C16H21N5O3/c1-10-8-17-16(24-10)20-15(22)19-12-5-7-23-14(12)13-4-6-18-21(13)9-11-2-3-11/h4,6,8,11-12,14H,2-3,5,7,9H2,1H3,(H2,17,19,20,22)/t12-,14-/m1/s1. The molecule has 3 heterocycles. The third-order valence-electron chi connectivity index (χ3n) is 4.42. The fourth-order valence-electron chi connectivity index (χ4n) is 3.03. The summed E-state index contributed by atoms with van der Waals surface area (Å²) in [5, 5.41) is 9.97. The number of urea groups is 1. The Hall–Kier alpha value is -2.35. The van der Waals surface area contributed by atoms with E-state index in [1.807, 2.05) is 10.7 Å². The number of anilines is 1. The Labute approximate surface area is 139 Å². The van der Waals surface area contributed by atoms with Crippen LogP contribution in [0.25, 0.3) is 0 Å². The van der Waals surface area contributed by atoms with Crippen molar-refractivity contribution in [3.05, 3.63) is 29.9 Å². The third-order valence-corrected chi connectivity index (χ3v) is 4.42. The number of hydrogen-bond donors (Lipinski definition) is 2. The number of nitrogens with one attached hydrogen (secondary N) is 2. The molecule has 2 N–H and O–H groups in total. The van der Waals surface area contributed by atoms with Gasteiger partial charge in [0.2, 0.25) is 0 Å². The number of ether oxygens (including phenoxy) is 1. The van der Waals surface area contributed by atoms with Crippen LogP contribution >= 0.6 is 0 Å². The van der Waals surface area contributed by atoms with Crippen LogP contribution in [-0.2, 0) is 11.3 Å². The molecule has 1 aliphatic heterocycles. The van der Waals surface area contributed by atoms with E-state index in [-0.39, 0.29) is 24.2 Å². The van der Waals surface area contributed by atoms with Crippen molar-refractivity contribution < 1.29 is 13.9 Å². The van der Waals surface area contributed by atoms with Crippen LogP contribution in [0.2, 0.25) is 0 Å². The average molecular weight is 331 g/mol. The van der Waals surface area contributed by atoms with E-state index in [0.717, 1.165) is 24.6 Å². The van der Waals surface area contributed by atoms with E-state index in [9.17, 15) is 4.79 Å². The normalized spacial score (nSPS) is 23.4. The predicted molar refractivity (Wildman–Crippen MR) is 85.4 cm³/mol. The number of amides is 2. The molecule has 8 nitrogen and oxygen atoms in total. The minimum Gasteiger partial charge on any atom is -0.429 e. The van der Waals surface area contributed by atoms with E-state index in [1.54, 1.807) is 19.3 Å². The molecule has 1 saturated heterocycles. The lowest BCUT2D eigenvalue weighted by atomic mass is 10.1. The lowest BCUT2D eigenvalue weighted by molar-refractivity contribution is 0.0926. The van der Waals surface area contributed by atoms with Gasteiger partial charge in [-0.05, 0) is 38.2 Å². The maximum absolute atomic E-state index is 12.2. The van der Waals surface area contributed by atoms with Crippen molar-refractivity contribution in [1.82, 2.24) is 20.1 Å². The lowest BCUT2D eigenvalue weighted by Crippen LogP contribution is -2.40. The summed E-state index contributed by atoms with van der Waals surface area (Å²) in [7, 11) is 0. The number of oxazole rings is 1. The molecule has 0 radical (unpaired) electrons. The zero-order chi connectivity index (χ0) is 16.5. The summed E-state index contributed by atoms with van der Waals surface area (Å²) in [6.07, 6.45) is 6.48. The monoisotopic (exact) mass is 331 g/mol. The Morgan fingerprint density at radius 3 is 3.04 bits per heavy atom. The maximum Gasteiger partial charge on any atom is 0.323 e. The Kier molecular flexibility index (Phi) is 3.97. The molecule has 128 valence electrons. The van der Waals surface area contributed by atoms with E-state index in [1.165, 1.54) is 12.8 Å². The zero-order valence-electron chi connectivity index (χ0n) is 13.6. The summed E-state index contributed by atoms with van der Waals surface area (Å²) in [5.41, 5.74) is 1.02. The molecule has 2 aromatic heterocycles. The smallest absolute Gasteiger partial charge is 0.323 e. The number of hydrogen-bond acceptors (Lipinski definition) is 5. The number of rotatable bonds is 5. The number of carbonyl (C=O) groups excluding carboxylic acids is 1. The van der Waals surface area contributed by atoms with E-state index in [0.29, 0.717) is 12.4 Å². The minimum atomic E-state index is -0.342. The number of aromatic nitrogens is 3. The van der Waals surface area contributed by atoms with Gasteiger partial charge >= 0.3 is 12.0 Å². The molecular weight excluding hydrogens is 310 g/mol. The zero-order valence-corrected chi connectivity index (χ0v) is 13.6. The third kappa shape index (κ3) is 3.28. The van der Waals surface area contributed by atoms with Gasteiger partial charge in [-0.2, -0.15) is 5.10 Å². The van der Waals surface area contributed by atoms with Crippen molar-refractivity contribution in [2.24, 2.45) is 5.92 Å². The van der Waals surface area contributed by atoms with Crippen LogP contribution in [0.5, 0.6) is 0 Å². The highest BCUT2D eigenvalue weighted by Crippen LogP contribution is 2.34. The SMILES string of the molecule is Cc1cnc(NC(=O)N[C@@H]2CCO[C@H]2c2ccnn2CC2CC2)o1. The summed E-state index contributed by atoms with van der Waals surface area (Å²) >= 11 is 0.